The number of rotatable bonds is 10. The number of Topliss-reactive ketones (excluding diaryl/α,β-unsaturated/α-hetero) is 1. The summed E-state index contributed by atoms with van der Waals surface area (Å²) >= 11 is 18.0. The Hall–Kier alpha value is -1.56. The van der Waals surface area contributed by atoms with Gasteiger partial charge in [-0.2, -0.15) is 51.3 Å². The minimum atomic E-state index is -5.03. The zero-order valence-corrected chi connectivity index (χ0v) is 23.0. The lowest BCUT2D eigenvalue weighted by Crippen LogP contribution is -2.19. The molecular weight excluding hydrogens is 626 g/mol. The highest BCUT2D eigenvalue weighted by Gasteiger charge is 2.40. The van der Waals surface area contributed by atoms with Gasteiger partial charge in [0.2, 0.25) is 0 Å². The molecule has 0 bridgehead atoms. The Morgan fingerprint density at radius 1 is 0.949 bits per heavy atom. The lowest BCUT2D eigenvalue weighted by Gasteiger charge is -2.19. The summed E-state index contributed by atoms with van der Waals surface area (Å²) in [5.74, 6) is -5.06. The average Bonchev–Trinajstić information content (AvgIpc) is 2.79. The molecule has 39 heavy (non-hydrogen) atoms. The van der Waals surface area contributed by atoms with Crippen LogP contribution < -0.4 is 0 Å². The number of thioether (sulfide) groups is 1. The molecule has 0 amide bonds. The molecule has 14 heteroatoms. The lowest BCUT2D eigenvalue weighted by molar-refractivity contribution is -0.139. The Kier molecular flexibility index (Phi) is 11.6. The normalized spacial score (nSPS) is 14.6. The number of alkyl halides is 9. The Labute approximate surface area is 237 Å². The molecule has 1 unspecified atom stereocenters. The second-order valence-electron chi connectivity index (χ2n) is 8.51. The van der Waals surface area contributed by atoms with Crippen molar-refractivity contribution in [1.82, 2.24) is 0 Å². The predicted molar refractivity (Wildman–Crippen MR) is 137 cm³/mol. The van der Waals surface area contributed by atoms with Crippen LogP contribution in [0, 0.1) is 5.92 Å². The van der Waals surface area contributed by atoms with Crippen LogP contribution in [0.15, 0.2) is 36.4 Å². The molecule has 0 N–H and O–H groups in total. The van der Waals surface area contributed by atoms with Crippen LogP contribution in [0.3, 0.4) is 0 Å². The number of ketones is 1. The van der Waals surface area contributed by atoms with Crippen LogP contribution in [0.25, 0.3) is 6.08 Å². The summed E-state index contributed by atoms with van der Waals surface area (Å²) in [4.78, 5) is 12.7. The van der Waals surface area contributed by atoms with Crippen LogP contribution in [0.5, 0.6) is 0 Å². The molecule has 0 aliphatic heterocycles. The number of halogens is 12. The molecule has 0 radical (unpaired) electrons. The van der Waals surface area contributed by atoms with Gasteiger partial charge >= 0.3 is 18.5 Å². The standard InChI is InChI=1S/C25H20Cl3F9OS/c1-2-13(11-39-12-23(29,30)31)8-21(38)16-5-3-14(7-18(16)25(35,36)37)4-6-17(24(32,33)34)15-9-19(26)22(28)20(27)10-15/h3-7,9-10,13,17H,2,8,11-12H2,1H3/b6-4+/t13-,17?/m0/s1. The van der Waals surface area contributed by atoms with Gasteiger partial charge in [-0.25, -0.2) is 0 Å². The third-order valence-corrected chi connectivity index (χ3v) is 7.95. The molecule has 0 fully saturated rings. The number of hydrogen-bond acceptors (Lipinski definition) is 2. The number of benzene rings is 2. The van der Waals surface area contributed by atoms with Crippen molar-refractivity contribution < 1.29 is 44.3 Å². The van der Waals surface area contributed by atoms with Crippen molar-refractivity contribution in [2.24, 2.45) is 5.92 Å². The third kappa shape index (κ3) is 10.1. The van der Waals surface area contributed by atoms with Gasteiger partial charge in [-0.3, -0.25) is 4.79 Å². The van der Waals surface area contributed by atoms with Crippen LogP contribution >= 0.6 is 46.6 Å². The van der Waals surface area contributed by atoms with Gasteiger partial charge in [0.1, 0.15) is 0 Å². The lowest BCUT2D eigenvalue weighted by atomic mass is 9.92. The van der Waals surface area contributed by atoms with E-state index in [1.165, 1.54) is 0 Å². The zero-order valence-electron chi connectivity index (χ0n) is 19.9. The summed E-state index contributed by atoms with van der Waals surface area (Å²) < 4.78 is 120. The van der Waals surface area contributed by atoms with Crippen LogP contribution in [0.4, 0.5) is 39.5 Å². The minimum absolute atomic E-state index is 0.0819. The van der Waals surface area contributed by atoms with Gasteiger partial charge in [0, 0.05) is 12.0 Å². The van der Waals surface area contributed by atoms with Gasteiger partial charge in [-0.15, -0.1) is 0 Å². The minimum Gasteiger partial charge on any atom is -0.294 e. The van der Waals surface area contributed by atoms with Crippen molar-refractivity contribution >= 4 is 58.4 Å². The highest BCUT2D eigenvalue weighted by Crippen LogP contribution is 2.41. The summed E-state index contributed by atoms with van der Waals surface area (Å²) in [6, 6.07) is 4.32. The SMILES string of the molecule is CC[C@H](CSCC(F)(F)F)CC(=O)c1ccc(/C=C/C(c2cc(Cl)c(Cl)c(Cl)c2)C(F)(F)F)cc1C(F)(F)F. The van der Waals surface area contributed by atoms with E-state index in [0.717, 1.165) is 30.3 Å². The maximum absolute atomic E-state index is 13.8. The van der Waals surface area contributed by atoms with E-state index in [-0.39, 0.29) is 32.8 Å². The highest BCUT2D eigenvalue weighted by molar-refractivity contribution is 7.99. The first-order chi connectivity index (χ1) is 17.8. The molecule has 2 aromatic rings. The number of carbonyl (C=O) groups is 1. The summed E-state index contributed by atoms with van der Waals surface area (Å²) in [5.41, 5.74) is -2.75. The first kappa shape index (κ1) is 33.6. The molecule has 0 saturated heterocycles. The van der Waals surface area contributed by atoms with Crippen LogP contribution in [-0.2, 0) is 6.18 Å². The second-order valence-corrected chi connectivity index (χ2v) is 10.7. The fraction of sp³-hybridized carbons (Fsp3) is 0.400. The van der Waals surface area contributed by atoms with Crippen molar-refractivity contribution in [3.63, 3.8) is 0 Å². The maximum atomic E-state index is 13.8. The van der Waals surface area contributed by atoms with E-state index >= 15 is 0 Å². The van der Waals surface area contributed by atoms with Gasteiger partial charge < -0.3 is 0 Å². The Morgan fingerprint density at radius 2 is 1.54 bits per heavy atom. The fourth-order valence-corrected chi connectivity index (χ4v) is 5.20. The fourth-order valence-electron chi connectivity index (χ4n) is 3.55. The van der Waals surface area contributed by atoms with Gasteiger partial charge in [0.25, 0.3) is 0 Å². The monoisotopic (exact) mass is 644 g/mol. The quantitative estimate of drug-likeness (QED) is 0.145. The van der Waals surface area contributed by atoms with E-state index in [1.807, 2.05) is 0 Å². The van der Waals surface area contributed by atoms with Gasteiger partial charge in [0.15, 0.2) is 5.78 Å². The molecule has 0 spiro atoms. The molecule has 0 heterocycles. The third-order valence-electron chi connectivity index (χ3n) is 5.52. The summed E-state index contributed by atoms with van der Waals surface area (Å²) in [7, 11) is 0. The van der Waals surface area contributed by atoms with E-state index in [4.69, 9.17) is 34.8 Å². The average molecular weight is 646 g/mol. The van der Waals surface area contributed by atoms with E-state index in [2.05, 4.69) is 0 Å². The van der Waals surface area contributed by atoms with Gasteiger partial charge in [0.05, 0.1) is 32.3 Å². The topological polar surface area (TPSA) is 17.1 Å². The Bertz CT molecular complexity index is 1170. The molecule has 2 aromatic carbocycles. The molecule has 2 rings (SSSR count). The largest absolute Gasteiger partial charge is 0.417 e. The van der Waals surface area contributed by atoms with Crippen molar-refractivity contribution in [2.45, 2.75) is 44.2 Å². The van der Waals surface area contributed by atoms with Crippen LogP contribution in [0.1, 0.15) is 52.7 Å². The van der Waals surface area contributed by atoms with E-state index in [0.29, 0.717) is 23.9 Å². The maximum Gasteiger partial charge on any atom is 0.417 e. The Balaban J connectivity index is 2.36. The first-order valence-electron chi connectivity index (χ1n) is 11.1. The predicted octanol–water partition coefficient (Wildman–Crippen LogP) is 10.9. The molecule has 0 aliphatic carbocycles. The smallest absolute Gasteiger partial charge is 0.294 e. The zero-order chi connectivity index (χ0) is 29.8. The van der Waals surface area contributed by atoms with E-state index in [1.54, 1.807) is 6.92 Å². The summed E-state index contributed by atoms with van der Waals surface area (Å²) in [6.45, 7) is 1.60. The van der Waals surface area contributed by atoms with Gasteiger partial charge in [-0.1, -0.05) is 72.4 Å². The molecule has 216 valence electrons. The molecule has 0 saturated carbocycles. The number of carbonyl (C=O) groups excluding carboxylic acids is 1. The molecule has 1 nitrogen and oxygen atoms in total. The number of allylic oxidation sites excluding steroid dienone is 1. The summed E-state index contributed by atoms with van der Waals surface area (Å²) in [6.07, 6.45) is -13.0. The molecule has 2 atom stereocenters. The van der Waals surface area contributed by atoms with Crippen LogP contribution in [0.2, 0.25) is 15.1 Å². The van der Waals surface area contributed by atoms with Crippen LogP contribution in [-0.4, -0.2) is 29.6 Å². The van der Waals surface area contributed by atoms with Crippen molar-refractivity contribution in [2.75, 3.05) is 11.5 Å². The van der Waals surface area contributed by atoms with Crippen molar-refractivity contribution in [3.8, 4) is 0 Å². The number of hydrogen-bond donors (Lipinski definition) is 0. The molecule has 0 aromatic heterocycles. The van der Waals surface area contributed by atoms with Gasteiger partial charge in [-0.05, 0) is 41.0 Å². The van der Waals surface area contributed by atoms with E-state index in [9.17, 15) is 44.3 Å². The van der Waals surface area contributed by atoms with Crippen molar-refractivity contribution in [3.05, 3.63) is 73.7 Å². The second kappa shape index (κ2) is 13.4. The molecular formula is C25H20Cl3F9OS. The summed E-state index contributed by atoms with van der Waals surface area (Å²) in [5, 5.41) is -0.649. The highest BCUT2D eigenvalue weighted by atomic mass is 35.5. The molecule has 0 aliphatic rings. The van der Waals surface area contributed by atoms with Crippen molar-refractivity contribution in [1.29, 1.82) is 0 Å². The van der Waals surface area contributed by atoms with E-state index < -0.39 is 65.0 Å². The first-order valence-corrected chi connectivity index (χ1v) is 13.4. The Morgan fingerprint density at radius 3 is 2.03 bits per heavy atom.